The maximum Gasteiger partial charge on any atom is 0.243 e. The highest BCUT2D eigenvalue weighted by atomic mass is 35.5. The first-order valence-electron chi connectivity index (χ1n) is 11.2. The molecular weight excluding hydrogens is 482 g/mol. The second-order valence-corrected chi connectivity index (χ2v) is 10.0. The van der Waals surface area contributed by atoms with Crippen molar-refractivity contribution in [2.24, 2.45) is 0 Å². The molecule has 0 radical (unpaired) electrons. The SMILES string of the molecule is CC[C@@H](C(=O)NC1CCCC1)N(Cc1c(Cl)cccc1Cl)C(=O)CSCc1ccccc1F. The van der Waals surface area contributed by atoms with E-state index in [1.165, 1.54) is 17.8 Å². The summed E-state index contributed by atoms with van der Waals surface area (Å²) >= 11 is 14.1. The van der Waals surface area contributed by atoms with E-state index in [1.807, 2.05) is 6.92 Å². The topological polar surface area (TPSA) is 49.4 Å². The van der Waals surface area contributed by atoms with Gasteiger partial charge in [-0.05, 0) is 43.0 Å². The lowest BCUT2D eigenvalue weighted by atomic mass is 10.1. The van der Waals surface area contributed by atoms with Gasteiger partial charge in [0, 0.05) is 33.9 Å². The average molecular weight is 511 g/mol. The van der Waals surface area contributed by atoms with Gasteiger partial charge in [0.2, 0.25) is 11.8 Å². The summed E-state index contributed by atoms with van der Waals surface area (Å²) in [6.07, 6.45) is 4.60. The fraction of sp³-hybridized carbons (Fsp3) is 0.440. The Bertz CT molecular complexity index is 949. The molecule has 2 aromatic carbocycles. The Kier molecular flexibility index (Phi) is 9.90. The number of amides is 2. The number of benzene rings is 2. The number of carbonyl (C=O) groups is 2. The number of halogens is 3. The molecule has 2 amide bonds. The van der Waals surface area contributed by atoms with E-state index in [4.69, 9.17) is 23.2 Å². The first-order chi connectivity index (χ1) is 15.9. The second-order valence-electron chi connectivity index (χ2n) is 8.22. The minimum absolute atomic E-state index is 0.115. The minimum atomic E-state index is -0.639. The maximum atomic E-state index is 13.9. The number of hydrogen-bond donors (Lipinski definition) is 1. The Morgan fingerprint density at radius 1 is 1.12 bits per heavy atom. The minimum Gasteiger partial charge on any atom is -0.352 e. The van der Waals surface area contributed by atoms with Crippen molar-refractivity contribution in [1.82, 2.24) is 10.2 Å². The van der Waals surface area contributed by atoms with Crippen LogP contribution < -0.4 is 5.32 Å². The van der Waals surface area contributed by atoms with Gasteiger partial charge in [0.15, 0.2) is 0 Å². The summed E-state index contributed by atoms with van der Waals surface area (Å²) < 4.78 is 13.9. The lowest BCUT2D eigenvalue weighted by Crippen LogP contribution is -2.51. The molecule has 33 heavy (non-hydrogen) atoms. The summed E-state index contributed by atoms with van der Waals surface area (Å²) in [6.45, 7) is 2.02. The molecule has 1 aliphatic carbocycles. The molecule has 2 aromatic rings. The fourth-order valence-corrected chi connectivity index (χ4v) is 5.50. The van der Waals surface area contributed by atoms with Crippen molar-refractivity contribution >= 4 is 46.8 Å². The Morgan fingerprint density at radius 3 is 2.42 bits per heavy atom. The average Bonchev–Trinajstić information content (AvgIpc) is 3.29. The summed E-state index contributed by atoms with van der Waals surface area (Å²) in [6, 6.07) is 11.2. The molecule has 8 heteroatoms. The smallest absolute Gasteiger partial charge is 0.243 e. The van der Waals surface area contributed by atoms with Crippen molar-refractivity contribution in [3.05, 3.63) is 69.5 Å². The highest BCUT2D eigenvalue weighted by Gasteiger charge is 2.31. The van der Waals surface area contributed by atoms with Crippen LogP contribution in [0.25, 0.3) is 0 Å². The highest BCUT2D eigenvalue weighted by molar-refractivity contribution is 7.99. The van der Waals surface area contributed by atoms with Crippen molar-refractivity contribution in [2.45, 2.75) is 63.4 Å². The lowest BCUT2D eigenvalue weighted by Gasteiger charge is -2.32. The number of hydrogen-bond acceptors (Lipinski definition) is 3. The molecule has 0 heterocycles. The number of carbonyl (C=O) groups excluding carboxylic acids is 2. The lowest BCUT2D eigenvalue weighted by molar-refractivity contribution is -0.139. The molecule has 0 spiro atoms. The zero-order valence-electron chi connectivity index (χ0n) is 18.7. The summed E-state index contributed by atoms with van der Waals surface area (Å²) in [4.78, 5) is 28.0. The third-order valence-electron chi connectivity index (χ3n) is 5.92. The molecule has 0 saturated heterocycles. The molecule has 3 rings (SSSR count). The van der Waals surface area contributed by atoms with E-state index in [0.29, 0.717) is 33.3 Å². The molecule has 1 atom stereocenters. The van der Waals surface area contributed by atoms with Crippen LogP contribution in [0.3, 0.4) is 0 Å². The van der Waals surface area contributed by atoms with Crippen molar-refractivity contribution in [1.29, 1.82) is 0 Å². The molecule has 1 fully saturated rings. The summed E-state index contributed by atoms with van der Waals surface area (Å²) in [7, 11) is 0. The molecular formula is C25H29Cl2FN2O2S. The Balaban J connectivity index is 1.76. The van der Waals surface area contributed by atoms with Crippen LogP contribution in [0, 0.1) is 5.82 Å². The van der Waals surface area contributed by atoms with E-state index in [0.717, 1.165) is 25.7 Å². The number of rotatable bonds is 10. The largest absolute Gasteiger partial charge is 0.352 e. The van der Waals surface area contributed by atoms with E-state index in [1.54, 1.807) is 41.3 Å². The van der Waals surface area contributed by atoms with Crippen molar-refractivity contribution in [3.63, 3.8) is 0 Å². The molecule has 4 nitrogen and oxygen atoms in total. The molecule has 0 aromatic heterocycles. The van der Waals surface area contributed by atoms with E-state index in [-0.39, 0.29) is 36.0 Å². The Hall–Kier alpha value is -1.76. The van der Waals surface area contributed by atoms with Crippen LogP contribution in [0.5, 0.6) is 0 Å². The second kappa shape index (κ2) is 12.6. The Labute approximate surface area is 209 Å². The van der Waals surface area contributed by atoms with Gasteiger partial charge >= 0.3 is 0 Å². The van der Waals surface area contributed by atoms with Crippen molar-refractivity contribution < 1.29 is 14.0 Å². The predicted molar refractivity (Wildman–Crippen MR) is 134 cm³/mol. The normalized spacial score (nSPS) is 14.8. The van der Waals surface area contributed by atoms with Crippen molar-refractivity contribution in [2.75, 3.05) is 5.75 Å². The third kappa shape index (κ3) is 7.11. The van der Waals surface area contributed by atoms with Crippen LogP contribution in [0.2, 0.25) is 10.0 Å². The summed E-state index contributed by atoms with van der Waals surface area (Å²) in [5.74, 6) is -0.173. The van der Waals surface area contributed by atoms with Gasteiger partial charge in [0.1, 0.15) is 11.9 Å². The molecule has 1 aliphatic rings. The van der Waals surface area contributed by atoms with E-state index in [2.05, 4.69) is 5.32 Å². The number of thioether (sulfide) groups is 1. The first-order valence-corrected chi connectivity index (χ1v) is 13.2. The van der Waals surface area contributed by atoms with Gasteiger partial charge in [-0.2, -0.15) is 0 Å². The monoisotopic (exact) mass is 510 g/mol. The molecule has 178 valence electrons. The molecule has 0 aliphatic heterocycles. The van der Waals surface area contributed by atoms with E-state index >= 15 is 0 Å². The van der Waals surface area contributed by atoms with Gasteiger partial charge in [0.25, 0.3) is 0 Å². The van der Waals surface area contributed by atoms with E-state index < -0.39 is 6.04 Å². The van der Waals surface area contributed by atoms with Crippen LogP contribution in [-0.2, 0) is 21.9 Å². The van der Waals surface area contributed by atoms with Gasteiger partial charge in [0.05, 0.1) is 5.75 Å². The van der Waals surface area contributed by atoms with Gasteiger partial charge in [-0.3, -0.25) is 9.59 Å². The molecule has 0 bridgehead atoms. The van der Waals surface area contributed by atoms with Gasteiger partial charge < -0.3 is 10.2 Å². The third-order valence-corrected chi connectivity index (χ3v) is 7.59. The zero-order chi connectivity index (χ0) is 23.8. The predicted octanol–water partition coefficient (Wildman–Crippen LogP) is 6.23. The van der Waals surface area contributed by atoms with Gasteiger partial charge in [-0.1, -0.05) is 67.2 Å². The molecule has 1 N–H and O–H groups in total. The van der Waals surface area contributed by atoms with Crippen LogP contribution in [-0.4, -0.2) is 34.6 Å². The first kappa shape index (κ1) is 25.9. The molecule has 1 saturated carbocycles. The van der Waals surface area contributed by atoms with Crippen LogP contribution in [0.4, 0.5) is 4.39 Å². The Morgan fingerprint density at radius 2 is 1.79 bits per heavy atom. The van der Waals surface area contributed by atoms with E-state index in [9.17, 15) is 14.0 Å². The van der Waals surface area contributed by atoms with Crippen molar-refractivity contribution in [3.8, 4) is 0 Å². The van der Waals surface area contributed by atoms with Gasteiger partial charge in [-0.15, -0.1) is 11.8 Å². The van der Waals surface area contributed by atoms with Gasteiger partial charge in [-0.25, -0.2) is 4.39 Å². The fourth-order valence-electron chi connectivity index (χ4n) is 4.09. The summed E-state index contributed by atoms with van der Waals surface area (Å²) in [5, 5.41) is 4.01. The number of nitrogens with zero attached hydrogens (tertiary/aromatic N) is 1. The van der Waals surface area contributed by atoms with Crippen LogP contribution >= 0.6 is 35.0 Å². The van der Waals surface area contributed by atoms with Crippen LogP contribution in [0.1, 0.15) is 50.2 Å². The zero-order valence-corrected chi connectivity index (χ0v) is 21.0. The molecule has 0 unspecified atom stereocenters. The van der Waals surface area contributed by atoms with Crippen LogP contribution in [0.15, 0.2) is 42.5 Å². The summed E-state index contributed by atoms with van der Waals surface area (Å²) in [5.41, 5.74) is 1.16. The quantitative estimate of drug-likeness (QED) is 0.411. The standard InChI is InChI=1S/C25H29Cl2FN2O2S/c1-2-23(25(32)29-18-9-4-5-10-18)30(14-19-20(26)11-7-12-21(19)27)24(31)16-33-15-17-8-3-6-13-22(17)28/h3,6-8,11-13,18,23H,2,4-5,9-10,14-16H2,1H3,(H,29,32)/t23-/m0/s1. The maximum absolute atomic E-state index is 13.9. The number of nitrogens with one attached hydrogen (secondary N) is 1. The highest BCUT2D eigenvalue weighted by Crippen LogP contribution is 2.28.